The second-order valence-electron chi connectivity index (χ2n) is 6.12. The van der Waals surface area contributed by atoms with Crippen molar-refractivity contribution >= 4 is 0 Å². The topological polar surface area (TPSA) is 9.23 Å². The minimum Gasteiger partial charge on any atom is -0.358 e. The summed E-state index contributed by atoms with van der Waals surface area (Å²) >= 11 is 0. The monoisotopic (exact) mass is 316 g/mol. The Bertz CT molecular complexity index is 638. The van der Waals surface area contributed by atoms with Crippen molar-refractivity contribution in [2.45, 2.75) is 32.0 Å². The van der Waals surface area contributed by atoms with Crippen LogP contribution in [0.3, 0.4) is 0 Å². The molecule has 0 aliphatic rings. The second kappa shape index (κ2) is 7.46. The van der Waals surface area contributed by atoms with E-state index in [1.807, 2.05) is 18.2 Å². The van der Waals surface area contributed by atoms with Crippen molar-refractivity contribution in [3.8, 4) is 0 Å². The first kappa shape index (κ1) is 16.5. The quantitative estimate of drug-likeness (QED) is 0.523. The van der Waals surface area contributed by atoms with Crippen molar-refractivity contribution in [2.75, 3.05) is 0 Å². The SMILES string of the molecule is CC[C@H](C)OC(c1ccccc1)(c1ccccc1)c1ccccc1. The fraction of sp³-hybridized carbons (Fsp3) is 0.217. The zero-order valence-corrected chi connectivity index (χ0v) is 14.4. The summed E-state index contributed by atoms with van der Waals surface area (Å²) in [6.45, 7) is 4.31. The van der Waals surface area contributed by atoms with Gasteiger partial charge in [-0.2, -0.15) is 0 Å². The van der Waals surface area contributed by atoms with E-state index in [4.69, 9.17) is 4.74 Å². The van der Waals surface area contributed by atoms with E-state index in [1.54, 1.807) is 0 Å². The summed E-state index contributed by atoms with van der Waals surface area (Å²) in [5.41, 5.74) is 2.87. The van der Waals surface area contributed by atoms with Gasteiger partial charge < -0.3 is 4.74 Å². The Morgan fingerprint density at radius 2 is 1.00 bits per heavy atom. The van der Waals surface area contributed by atoms with Crippen molar-refractivity contribution in [1.29, 1.82) is 0 Å². The fourth-order valence-corrected chi connectivity index (χ4v) is 3.11. The highest BCUT2D eigenvalue weighted by Gasteiger charge is 2.38. The van der Waals surface area contributed by atoms with E-state index in [0.29, 0.717) is 0 Å². The lowest BCUT2D eigenvalue weighted by Crippen LogP contribution is -2.36. The molecule has 24 heavy (non-hydrogen) atoms. The molecule has 0 saturated heterocycles. The van der Waals surface area contributed by atoms with Crippen LogP contribution in [0.4, 0.5) is 0 Å². The lowest BCUT2D eigenvalue weighted by Gasteiger charge is -2.38. The minimum atomic E-state index is -0.598. The Kier molecular flexibility index (Phi) is 5.12. The van der Waals surface area contributed by atoms with Crippen LogP contribution in [0.25, 0.3) is 0 Å². The van der Waals surface area contributed by atoms with E-state index in [2.05, 4.69) is 86.6 Å². The molecule has 0 radical (unpaired) electrons. The standard InChI is InChI=1S/C23H24O/c1-3-19(2)24-23(20-13-7-4-8-14-20,21-15-9-5-10-16-21)22-17-11-6-12-18-22/h4-19H,3H2,1-2H3/t19-/m0/s1. The molecule has 0 N–H and O–H groups in total. The molecule has 0 bridgehead atoms. The van der Waals surface area contributed by atoms with Gasteiger partial charge >= 0.3 is 0 Å². The second-order valence-corrected chi connectivity index (χ2v) is 6.12. The molecule has 0 saturated carbocycles. The van der Waals surface area contributed by atoms with Crippen LogP contribution in [0, 0.1) is 0 Å². The van der Waals surface area contributed by atoms with Crippen molar-refractivity contribution in [1.82, 2.24) is 0 Å². The molecule has 0 spiro atoms. The van der Waals surface area contributed by atoms with E-state index >= 15 is 0 Å². The van der Waals surface area contributed by atoms with E-state index < -0.39 is 5.60 Å². The average Bonchev–Trinajstić information content (AvgIpc) is 2.68. The van der Waals surface area contributed by atoms with Crippen molar-refractivity contribution < 1.29 is 4.74 Å². The van der Waals surface area contributed by atoms with Crippen LogP contribution >= 0.6 is 0 Å². The van der Waals surface area contributed by atoms with E-state index in [1.165, 1.54) is 0 Å². The Morgan fingerprint density at radius 3 is 1.29 bits per heavy atom. The fourth-order valence-electron chi connectivity index (χ4n) is 3.11. The smallest absolute Gasteiger partial charge is 0.144 e. The van der Waals surface area contributed by atoms with Crippen molar-refractivity contribution in [2.24, 2.45) is 0 Å². The van der Waals surface area contributed by atoms with Gasteiger partial charge in [0.05, 0.1) is 6.10 Å². The molecule has 0 aliphatic heterocycles. The van der Waals surface area contributed by atoms with Crippen LogP contribution < -0.4 is 0 Å². The van der Waals surface area contributed by atoms with E-state index in [-0.39, 0.29) is 6.10 Å². The largest absolute Gasteiger partial charge is 0.358 e. The highest BCUT2D eigenvalue weighted by Crippen LogP contribution is 2.41. The van der Waals surface area contributed by atoms with Crippen LogP contribution in [-0.2, 0) is 10.3 Å². The molecule has 1 heteroatoms. The summed E-state index contributed by atoms with van der Waals surface area (Å²) in [6, 6.07) is 31.6. The molecule has 0 amide bonds. The summed E-state index contributed by atoms with van der Waals surface area (Å²) in [7, 11) is 0. The lowest BCUT2D eigenvalue weighted by atomic mass is 9.80. The molecule has 3 aromatic carbocycles. The zero-order chi connectivity index (χ0) is 16.8. The van der Waals surface area contributed by atoms with Gasteiger partial charge in [0, 0.05) is 0 Å². The molecule has 122 valence electrons. The van der Waals surface area contributed by atoms with E-state index in [9.17, 15) is 0 Å². The summed E-state index contributed by atoms with van der Waals surface area (Å²) < 4.78 is 6.75. The van der Waals surface area contributed by atoms with Gasteiger partial charge in [0.15, 0.2) is 0 Å². The summed E-state index contributed by atoms with van der Waals surface area (Å²) in [5, 5.41) is 0. The number of ether oxygens (including phenoxy) is 1. The Labute approximate surface area is 144 Å². The van der Waals surface area contributed by atoms with Gasteiger partial charge in [0.2, 0.25) is 0 Å². The maximum atomic E-state index is 6.75. The summed E-state index contributed by atoms with van der Waals surface area (Å²) in [4.78, 5) is 0. The van der Waals surface area contributed by atoms with Gasteiger partial charge in [-0.1, -0.05) is 97.9 Å². The molecular weight excluding hydrogens is 292 g/mol. The predicted octanol–water partition coefficient (Wildman–Crippen LogP) is 5.79. The third-order valence-corrected chi connectivity index (χ3v) is 4.49. The third-order valence-electron chi connectivity index (χ3n) is 4.49. The van der Waals surface area contributed by atoms with Gasteiger partial charge in [0.1, 0.15) is 5.60 Å². The number of hydrogen-bond acceptors (Lipinski definition) is 1. The molecule has 3 aromatic rings. The molecule has 0 aliphatic carbocycles. The van der Waals surface area contributed by atoms with Crippen LogP contribution in [0.15, 0.2) is 91.0 Å². The number of benzene rings is 3. The normalized spacial score (nSPS) is 12.8. The molecule has 3 rings (SSSR count). The zero-order valence-electron chi connectivity index (χ0n) is 14.4. The van der Waals surface area contributed by atoms with Crippen LogP contribution in [0.5, 0.6) is 0 Å². The van der Waals surface area contributed by atoms with Crippen LogP contribution in [0.2, 0.25) is 0 Å². The highest BCUT2D eigenvalue weighted by atomic mass is 16.5. The van der Waals surface area contributed by atoms with Gasteiger partial charge in [-0.15, -0.1) is 0 Å². The van der Waals surface area contributed by atoms with Gasteiger partial charge in [0.25, 0.3) is 0 Å². The molecule has 0 fully saturated rings. The van der Waals surface area contributed by atoms with Gasteiger partial charge in [-0.05, 0) is 30.0 Å². The first-order chi connectivity index (χ1) is 11.8. The minimum absolute atomic E-state index is 0.144. The first-order valence-corrected chi connectivity index (χ1v) is 8.61. The van der Waals surface area contributed by atoms with Gasteiger partial charge in [-0.3, -0.25) is 0 Å². The summed E-state index contributed by atoms with van der Waals surface area (Å²) in [6.07, 6.45) is 1.11. The molecule has 0 unspecified atom stereocenters. The Hall–Kier alpha value is -2.38. The number of hydrogen-bond donors (Lipinski definition) is 0. The van der Waals surface area contributed by atoms with Crippen molar-refractivity contribution in [3.63, 3.8) is 0 Å². The van der Waals surface area contributed by atoms with Crippen LogP contribution in [-0.4, -0.2) is 6.10 Å². The maximum Gasteiger partial charge on any atom is 0.144 e. The Balaban J connectivity index is 2.28. The van der Waals surface area contributed by atoms with Gasteiger partial charge in [-0.25, -0.2) is 0 Å². The molecular formula is C23H24O. The maximum absolute atomic E-state index is 6.75. The van der Waals surface area contributed by atoms with E-state index in [0.717, 1.165) is 23.1 Å². The summed E-state index contributed by atoms with van der Waals surface area (Å²) in [5.74, 6) is 0. The molecule has 0 heterocycles. The third kappa shape index (κ3) is 3.13. The predicted molar refractivity (Wildman–Crippen MR) is 100 cm³/mol. The first-order valence-electron chi connectivity index (χ1n) is 8.61. The van der Waals surface area contributed by atoms with Crippen LogP contribution in [0.1, 0.15) is 37.0 Å². The average molecular weight is 316 g/mol. The van der Waals surface area contributed by atoms with Crippen molar-refractivity contribution in [3.05, 3.63) is 108 Å². The molecule has 0 aromatic heterocycles. The lowest BCUT2D eigenvalue weighted by molar-refractivity contribution is -0.0396. The number of rotatable bonds is 6. The highest BCUT2D eigenvalue weighted by molar-refractivity contribution is 5.47. The Morgan fingerprint density at radius 1 is 0.667 bits per heavy atom. The molecule has 1 nitrogen and oxygen atoms in total. The molecule has 1 atom stereocenters.